The zero-order chi connectivity index (χ0) is 20.1. The van der Waals surface area contributed by atoms with Gasteiger partial charge in [-0.15, -0.1) is 5.10 Å². The molecule has 1 N–H and O–H groups in total. The molecular formula is C21H24N6O2. The molecule has 8 heteroatoms. The number of amides is 2. The molecule has 29 heavy (non-hydrogen) atoms. The van der Waals surface area contributed by atoms with Crippen molar-refractivity contribution in [2.24, 2.45) is 0 Å². The van der Waals surface area contributed by atoms with Crippen LogP contribution in [-0.2, 0) is 6.54 Å². The first-order valence-electron chi connectivity index (χ1n) is 9.74. The van der Waals surface area contributed by atoms with Gasteiger partial charge in [-0.2, -0.15) is 5.10 Å². The predicted molar refractivity (Wildman–Crippen MR) is 109 cm³/mol. The first kappa shape index (κ1) is 18.9. The summed E-state index contributed by atoms with van der Waals surface area (Å²) in [6.07, 6.45) is 5.23. The zero-order valence-corrected chi connectivity index (χ0v) is 16.4. The quantitative estimate of drug-likeness (QED) is 0.718. The van der Waals surface area contributed by atoms with E-state index in [-0.39, 0.29) is 18.6 Å². The van der Waals surface area contributed by atoms with Crippen LogP contribution < -0.4 is 10.2 Å². The average Bonchev–Trinajstić information content (AvgIpc) is 3.27. The molecule has 8 nitrogen and oxygen atoms in total. The van der Waals surface area contributed by atoms with Crippen LogP contribution in [0, 0.1) is 0 Å². The third kappa shape index (κ3) is 4.53. The van der Waals surface area contributed by atoms with Gasteiger partial charge in [0.1, 0.15) is 12.0 Å². The van der Waals surface area contributed by atoms with Crippen molar-refractivity contribution in [1.29, 1.82) is 0 Å². The lowest BCUT2D eigenvalue weighted by Gasteiger charge is -2.37. The molecule has 0 radical (unpaired) electrons. The van der Waals surface area contributed by atoms with Crippen molar-refractivity contribution >= 4 is 11.8 Å². The molecule has 3 aromatic rings. The monoisotopic (exact) mass is 392 g/mol. The molecule has 1 atom stereocenters. The van der Waals surface area contributed by atoms with Crippen LogP contribution in [0.25, 0.3) is 11.3 Å². The third-order valence-corrected chi connectivity index (χ3v) is 5.16. The highest BCUT2D eigenvalue weighted by molar-refractivity contribution is 5.74. The number of anilines is 1. The lowest BCUT2D eigenvalue weighted by atomic mass is 10.0. The molecule has 0 spiro atoms. The van der Waals surface area contributed by atoms with E-state index in [1.165, 1.54) is 0 Å². The molecule has 1 aliphatic rings. The summed E-state index contributed by atoms with van der Waals surface area (Å²) in [6.45, 7) is 1.90. The van der Waals surface area contributed by atoms with Crippen LogP contribution in [0.1, 0.15) is 18.7 Å². The molecule has 1 fully saturated rings. The van der Waals surface area contributed by atoms with E-state index in [1.807, 2.05) is 49.5 Å². The minimum atomic E-state index is -0.143. The van der Waals surface area contributed by atoms with Gasteiger partial charge in [-0.3, -0.25) is 0 Å². The molecule has 1 saturated heterocycles. The summed E-state index contributed by atoms with van der Waals surface area (Å²) in [7, 11) is 1.82. The molecule has 3 heterocycles. The van der Waals surface area contributed by atoms with Gasteiger partial charge in [0.05, 0.1) is 12.6 Å². The van der Waals surface area contributed by atoms with E-state index >= 15 is 0 Å². The molecule has 150 valence electrons. The molecular weight excluding hydrogens is 368 g/mol. The van der Waals surface area contributed by atoms with Gasteiger partial charge in [0.15, 0.2) is 5.82 Å². The summed E-state index contributed by atoms with van der Waals surface area (Å²) in [4.78, 5) is 21.0. The lowest BCUT2D eigenvalue weighted by Crippen LogP contribution is -2.51. The Morgan fingerprint density at radius 1 is 1.28 bits per heavy atom. The van der Waals surface area contributed by atoms with Gasteiger partial charge in [-0.05, 0) is 25.0 Å². The van der Waals surface area contributed by atoms with Gasteiger partial charge >= 0.3 is 6.03 Å². The van der Waals surface area contributed by atoms with E-state index in [4.69, 9.17) is 4.42 Å². The summed E-state index contributed by atoms with van der Waals surface area (Å²) in [6, 6.07) is 13.6. The van der Waals surface area contributed by atoms with E-state index in [2.05, 4.69) is 25.4 Å². The molecule has 1 aromatic carbocycles. The summed E-state index contributed by atoms with van der Waals surface area (Å²) >= 11 is 0. The van der Waals surface area contributed by atoms with E-state index in [0.29, 0.717) is 5.89 Å². The predicted octanol–water partition coefficient (Wildman–Crippen LogP) is 2.94. The highest BCUT2D eigenvalue weighted by atomic mass is 16.3. The van der Waals surface area contributed by atoms with Crippen molar-refractivity contribution in [3.63, 3.8) is 0 Å². The van der Waals surface area contributed by atoms with Crippen LogP contribution in [0.2, 0.25) is 0 Å². The Labute approximate surface area is 169 Å². The maximum atomic E-state index is 12.6. The smallest absolute Gasteiger partial charge is 0.317 e. The molecule has 0 saturated carbocycles. The Balaban J connectivity index is 1.32. The van der Waals surface area contributed by atoms with E-state index < -0.39 is 0 Å². The number of carbonyl (C=O) groups is 1. The second kappa shape index (κ2) is 8.72. The molecule has 1 aliphatic heterocycles. The lowest BCUT2D eigenvalue weighted by molar-refractivity contribution is 0.181. The summed E-state index contributed by atoms with van der Waals surface area (Å²) in [5.41, 5.74) is 1.74. The highest BCUT2D eigenvalue weighted by Crippen LogP contribution is 2.20. The topological polar surface area (TPSA) is 87.4 Å². The van der Waals surface area contributed by atoms with Crippen molar-refractivity contribution in [1.82, 2.24) is 25.4 Å². The second-order valence-corrected chi connectivity index (χ2v) is 7.09. The fraction of sp³-hybridized carbons (Fsp3) is 0.333. The summed E-state index contributed by atoms with van der Waals surface area (Å²) < 4.78 is 5.50. The van der Waals surface area contributed by atoms with Gasteiger partial charge in [0, 0.05) is 31.9 Å². The van der Waals surface area contributed by atoms with Crippen molar-refractivity contribution in [2.75, 3.05) is 25.0 Å². The maximum absolute atomic E-state index is 12.6. The Morgan fingerprint density at radius 3 is 2.93 bits per heavy atom. The Hall–Kier alpha value is -3.42. The number of nitrogens with zero attached hydrogens (tertiary/aromatic N) is 5. The van der Waals surface area contributed by atoms with Gasteiger partial charge in [-0.25, -0.2) is 9.78 Å². The molecule has 4 rings (SSSR count). The number of piperidine rings is 1. The summed E-state index contributed by atoms with van der Waals surface area (Å²) in [5, 5.41) is 11.0. The fourth-order valence-corrected chi connectivity index (χ4v) is 3.52. The number of rotatable bonds is 5. The molecule has 0 bridgehead atoms. The number of aromatic nitrogens is 3. The van der Waals surface area contributed by atoms with Crippen LogP contribution >= 0.6 is 0 Å². The third-order valence-electron chi connectivity index (χ3n) is 5.16. The van der Waals surface area contributed by atoms with Crippen molar-refractivity contribution < 1.29 is 9.21 Å². The van der Waals surface area contributed by atoms with Gasteiger partial charge < -0.3 is 19.5 Å². The van der Waals surface area contributed by atoms with Crippen LogP contribution in [-0.4, -0.2) is 52.3 Å². The Morgan fingerprint density at radius 2 is 2.14 bits per heavy atom. The molecule has 2 aromatic heterocycles. The van der Waals surface area contributed by atoms with Crippen molar-refractivity contribution in [3.05, 3.63) is 60.8 Å². The highest BCUT2D eigenvalue weighted by Gasteiger charge is 2.27. The molecule has 0 unspecified atom stereocenters. The average molecular weight is 392 g/mol. The van der Waals surface area contributed by atoms with Crippen molar-refractivity contribution in [2.45, 2.75) is 25.4 Å². The number of oxazole rings is 1. The molecule has 2 amide bonds. The number of benzene rings is 1. The first-order valence-corrected chi connectivity index (χ1v) is 9.74. The minimum absolute atomic E-state index is 0.107. The molecule has 0 aliphatic carbocycles. The summed E-state index contributed by atoms with van der Waals surface area (Å²) in [5.74, 6) is 1.33. The van der Waals surface area contributed by atoms with E-state index in [9.17, 15) is 4.79 Å². The van der Waals surface area contributed by atoms with Crippen LogP contribution in [0.3, 0.4) is 0 Å². The Bertz CT molecular complexity index is 931. The number of carbonyl (C=O) groups excluding carboxylic acids is 1. The second-order valence-electron chi connectivity index (χ2n) is 7.09. The number of nitrogens with one attached hydrogen (secondary N) is 1. The normalized spacial score (nSPS) is 16.4. The maximum Gasteiger partial charge on any atom is 0.317 e. The zero-order valence-electron chi connectivity index (χ0n) is 16.4. The first-order chi connectivity index (χ1) is 14.2. The van der Waals surface area contributed by atoms with Gasteiger partial charge in [0.2, 0.25) is 5.89 Å². The minimum Gasteiger partial charge on any atom is -0.446 e. The van der Waals surface area contributed by atoms with Crippen LogP contribution in [0.4, 0.5) is 10.6 Å². The number of likely N-dealkylation sites (N-methyl/N-ethyl adjacent to an activating group) is 1. The van der Waals surface area contributed by atoms with Gasteiger partial charge in [-0.1, -0.05) is 30.3 Å². The number of hydrogen-bond acceptors (Lipinski definition) is 6. The Kier molecular flexibility index (Phi) is 5.69. The van der Waals surface area contributed by atoms with Crippen LogP contribution in [0.15, 0.2) is 59.3 Å². The van der Waals surface area contributed by atoms with Gasteiger partial charge in [0.25, 0.3) is 0 Å². The van der Waals surface area contributed by atoms with Crippen LogP contribution in [0.5, 0.6) is 0 Å². The largest absolute Gasteiger partial charge is 0.446 e. The fourth-order valence-electron chi connectivity index (χ4n) is 3.52. The standard InChI is InChI=1S/C21H24N6O2/c1-26(17-9-6-12-27(14-17)19-10-5-11-23-25-19)21(28)22-13-20-24-18(15-29-20)16-7-3-2-4-8-16/h2-5,7-8,10-11,15,17H,6,9,12-14H2,1H3,(H,22,28)/t17-/m1/s1. The SMILES string of the molecule is CN(C(=O)NCc1nc(-c2ccccc2)co1)[C@@H]1CCCN(c2cccnn2)C1. The number of hydrogen-bond donors (Lipinski definition) is 1. The number of urea groups is 1. The van der Waals surface area contributed by atoms with E-state index in [0.717, 1.165) is 43.0 Å². The van der Waals surface area contributed by atoms with E-state index in [1.54, 1.807) is 17.4 Å². The van der Waals surface area contributed by atoms with Crippen molar-refractivity contribution in [3.8, 4) is 11.3 Å².